The average Bonchev–Trinajstić information content (AvgIpc) is 2.21. The highest BCUT2D eigenvalue weighted by Crippen LogP contribution is 2.27. The van der Waals surface area contributed by atoms with Crippen molar-refractivity contribution in [3.63, 3.8) is 0 Å². The lowest BCUT2D eigenvalue weighted by atomic mass is 10.0. The second kappa shape index (κ2) is 5.90. The lowest BCUT2D eigenvalue weighted by Crippen LogP contribution is -2.02. The smallest absolute Gasteiger partial charge is 0.125 e. The van der Waals surface area contributed by atoms with Crippen LogP contribution in [0.25, 0.3) is 0 Å². The summed E-state index contributed by atoms with van der Waals surface area (Å²) in [6.45, 7) is 8.76. The summed E-state index contributed by atoms with van der Waals surface area (Å²) in [5.74, 6) is 0.970. The zero-order valence-electron chi connectivity index (χ0n) is 10.7. The monoisotopic (exact) mass is 222 g/mol. The van der Waals surface area contributed by atoms with E-state index in [0.717, 1.165) is 41.9 Å². The maximum absolute atomic E-state index is 9.54. The van der Waals surface area contributed by atoms with E-state index in [-0.39, 0.29) is 0 Å². The van der Waals surface area contributed by atoms with Crippen molar-refractivity contribution in [2.45, 2.75) is 46.6 Å². The van der Waals surface area contributed by atoms with Gasteiger partial charge in [-0.15, -0.1) is 0 Å². The summed E-state index contributed by atoms with van der Waals surface area (Å²) < 4.78 is 5.76. The van der Waals surface area contributed by atoms with Crippen LogP contribution < -0.4 is 4.74 Å². The fourth-order valence-electron chi connectivity index (χ4n) is 1.77. The predicted molar refractivity (Wildman–Crippen MR) is 67.0 cm³/mol. The van der Waals surface area contributed by atoms with E-state index in [1.165, 1.54) is 0 Å². The highest BCUT2D eigenvalue weighted by molar-refractivity contribution is 5.43. The Morgan fingerprint density at radius 2 is 1.81 bits per heavy atom. The normalized spacial score (nSPS) is 12.6. The van der Waals surface area contributed by atoms with Crippen molar-refractivity contribution in [1.82, 2.24) is 0 Å². The molecule has 0 unspecified atom stereocenters. The van der Waals surface area contributed by atoms with Crippen molar-refractivity contribution in [3.05, 3.63) is 28.8 Å². The predicted octanol–water partition coefficient (Wildman–Crippen LogP) is 3.54. The zero-order valence-corrected chi connectivity index (χ0v) is 10.7. The van der Waals surface area contributed by atoms with E-state index in [2.05, 4.69) is 6.92 Å². The second-order valence-electron chi connectivity index (χ2n) is 4.36. The van der Waals surface area contributed by atoms with Crippen molar-refractivity contribution in [3.8, 4) is 5.75 Å². The highest BCUT2D eigenvalue weighted by Gasteiger charge is 2.09. The van der Waals surface area contributed by atoms with Gasteiger partial charge in [0, 0.05) is 0 Å². The highest BCUT2D eigenvalue weighted by atomic mass is 16.5. The average molecular weight is 222 g/mol. The lowest BCUT2D eigenvalue weighted by Gasteiger charge is -2.15. The molecule has 0 spiro atoms. The minimum Gasteiger partial charge on any atom is -0.493 e. The van der Waals surface area contributed by atoms with Gasteiger partial charge in [0.15, 0.2) is 0 Å². The van der Waals surface area contributed by atoms with Crippen LogP contribution in [-0.4, -0.2) is 11.7 Å². The van der Waals surface area contributed by atoms with E-state index >= 15 is 0 Å². The Balaban J connectivity index is 2.85. The van der Waals surface area contributed by atoms with Crippen LogP contribution in [0.2, 0.25) is 0 Å². The number of benzene rings is 1. The number of aliphatic hydroxyl groups excluding tert-OH is 1. The first-order chi connectivity index (χ1) is 7.56. The Morgan fingerprint density at radius 1 is 1.25 bits per heavy atom. The fraction of sp³-hybridized carbons (Fsp3) is 0.571. The minimum absolute atomic E-state index is 0.415. The van der Waals surface area contributed by atoms with Crippen molar-refractivity contribution < 1.29 is 9.84 Å². The van der Waals surface area contributed by atoms with Gasteiger partial charge in [-0.2, -0.15) is 0 Å². The maximum atomic E-state index is 9.54. The summed E-state index contributed by atoms with van der Waals surface area (Å²) in [5.41, 5.74) is 3.16. The molecule has 90 valence electrons. The van der Waals surface area contributed by atoms with Crippen LogP contribution in [0.4, 0.5) is 0 Å². The molecule has 0 aliphatic carbocycles. The van der Waals surface area contributed by atoms with Crippen molar-refractivity contribution in [2.24, 2.45) is 0 Å². The molecule has 1 atom stereocenters. The Kier molecular flexibility index (Phi) is 4.81. The Morgan fingerprint density at radius 3 is 2.25 bits per heavy atom. The van der Waals surface area contributed by atoms with E-state index in [1.54, 1.807) is 6.92 Å². The maximum Gasteiger partial charge on any atom is 0.125 e. The molecule has 1 N–H and O–H groups in total. The first kappa shape index (κ1) is 13.0. The van der Waals surface area contributed by atoms with E-state index in [1.807, 2.05) is 26.0 Å². The van der Waals surface area contributed by atoms with Crippen molar-refractivity contribution in [1.29, 1.82) is 0 Å². The third-order valence-electron chi connectivity index (χ3n) is 2.71. The number of hydrogen-bond donors (Lipinski definition) is 1. The van der Waals surface area contributed by atoms with E-state index in [0.29, 0.717) is 0 Å². The molecule has 1 aromatic carbocycles. The number of unbranched alkanes of at least 4 members (excludes halogenated alkanes) is 1. The molecule has 2 nitrogen and oxygen atoms in total. The van der Waals surface area contributed by atoms with Crippen LogP contribution in [0.15, 0.2) is 12.1 Å². The third kappa shape index (κ3) is 3.24. The number of hydrogen-bond acceptors (Lipinski definition) is 2. The summed E-state index contributed by atoms with van der Waals surface area (Å²) in [6.07, 6.45) is 1.81. The molecule has 0 bridgehead atoms. The molecule has 1 aromatic rings. The van der Waals surface area contributed by atoms with Crippen LogP contribution in [0.1, 0.15) is 49.5 Å². The number of rotatable bonds is 5. The van der Waals surface area contributed by atoms with Crippen LogP contribution >= 0.6 is 0 Å². The molecule has 0 saturated carbocycles. The molecular weight excluding hydrogens is 200 g/mol. The van der Waals surface area contributed by atoms with Crippen LogP contribution in [-0.2, 0) is 0 Å². The molecular formula is C14H22O2. The summed E-state index contributed by atoms with van der Waals surface area (Å²) >= 11 is 0. The Bertz CT molecular complexity index is 320. The van der Waals surface area contributed by atoms with Gasteiger partial charge >= 0.3 is 0 Å². The molecule has 0 amide bonds. The third-order valence-corrected chi connectivity index (χ3v) is 2.71. The molecule has 16 heavy (non-hydrogen) atoms. The Hall–Kier alpha value is -1.02. The van der Waals surface area contributed by atoms with Gasteiger partial charge < -0.3 is 9.84 Å². The quantitative estimate of drug-likeness (QED) is 0.772. The number of aryl methyl sites for hydroxylation is 2. The van der Waals surface area contributed by atoms with Crippen molar-refractivity contribution >= 4 is 0 Å². The molecule has 0 aliphatic rings. The lowest BCUT2D eigenvalue weighted by molar-refractivity contribution is 0.199. The fourth-order valence-corrected chi connectivity index (χ4v) is 1.77. The summed E-state index contributed by atoms with van der Waals surface area (Å²) in [7, 11) is 0. The van der Waals surface area contributed by atoms with Gasteiger partial charge in [-0.3, -0.25) is 0 Å². The SMILES string of the molecule is CCCCOc1c(C)cc([C@@H](C)O)cc1C. The molecule has 0 aliphatic heterocycles. The van der Waals surface area contributed by atoms with Gasteiger partial charge in [0.1, 0.15) is 5.75 Å². The largest absolute Gasteiger partial charge is 0.493 e. The van der Waals surface area contributed by atoms with Gasteiger partial charge in [0.25, 0.3) is 0 Å². The molecule has 0 heterocycles. The van der Waals surface area contributed by atoms with Crippen molar-refractivity contribution in [2.75, 3.05) is 6.61 Å². The summed E-state index contributed by atoms with van der Waals surface area (Å²) in [4.78, 5) is 0. The minimum atomic E-state index is -0.415. The molecule has 0 radical (unpaired) electrons. The van der Waals surface area contributed by atoms with Gasteiger partial charge in [-0.1, -0.05) is 13.3 Å². The van der Waals surface area contributed by atoms with Gasteiger partial charge in [-0.05, 0) is 56.0 Å². The van der Waals surface area contributed by atoms with E-state index in [4.69, 9.17) is 4.74 Å². The molecule has 0 aromatic heterocycles. The summed E-state index contributed by atoms with van der Waals surface area (Å²) in [6, 6.07) is 4.00. The van der Waals surface area contributed by atoms with E-state index in [9.17, 15) is 5.11 Å². The van der Waals surface area contributed by atoms with Gasteiger partial charge in [0.2, 0.25) is 0 Å². The van der Waals surface area contributed by atoms with Crippen LogP contribution in [0, 0.1) is 13.8 Å². The van der Waals surface area contributed by atoms with Gasteiger partial charge in [0.05, 0.1) is 12.7 Å². The zero-order chi connectivity index (χ0) is 12.1. The topological polar surface area (TPSA) is 29.5 Å². The molecule has 2 heteroatoms. The molecule has 0 fully saturated rings. The molecule has 1 rings (SSSR count). The van der Waals surface area contributed by atoms with Crippen LogP contribution in [0.3, 0.4) is 0 Å². The number of ether oxygens (including phenoxy) is 1. The molecule has 0 saturated heterocycles. The standard InChI is InChI=1S/C14H22O2/c1-5-6-7-16-14-10(2)8-13(12(4)15)9-11(14)3/h8-9,12,15H,5-7H2,1-4H3/t12-/m1/s1. The summed E-state index contributed by atoms with van der Waals surface area (Å²) in [5, 5.41) is 9.54. The van der Waals surface area contributed by atoms with Crippen LogP contribution in [0.5, 0.6) is 5.75 Å². The second-order valence-corrected chi connectivity index (χ2v) is 4.36. The first-order valence-electron chi connectivity index (χ1n) is 5.98. The Labute approximate surface area is 98.3 Å². The first-order valence-corrected chi connectivity index (χ1v) is 5.98. The van der Waals surface area contributed by atoms with E-state index < -0.39 is 6.10 Å². The van der Waals surface area contributed by atoms with Gasteiger partial charge in [-0.25, -0.2) is 0 Å². The number of aliphatic hydroxyl groups is 1.